The number of esters is 1. The lowest BCUT2D eigenvalue weighted by Gasteiger charge is -2.21. The Kier molecular flexibility index (Phi) is 6.58. The fourth-order valence-corrected chi connectivity index (χ4v) is 3.52. The van der Waals surface area contributed by atoms with Gasteiger partial charge in [0.25, 0.3) is 11.8 Å². The number of benzene rings is 2. The Morgan fingerprint density at radius 3 is 2.58 bits per heavy atom. The normalized spacial score (nSPS) is 19.3. The first kappa shape index (κ1) is 22.3. The number of unbranched alkanes of at least 4 members (excludes halogenated alkanes) is 1. The molecule has 1 aliphatic heterocycles. The van der Waals surface area contributed by atoms with Crippen LogP contribution in [0.4, 0.5) is 10.5 Å². The van der Waals surface area contributed by atoms with Crippen molar-refractivity contribution in [1.29, 1.82) is 0 Å². The zero-order valence-electron chi connectivity index (χ0n) is 17.9. The summed E-state index contributed by atoms with van der Waals surface area (Å²) in [6.45, 7) is 4.53. The second-order valence-corrected chi connectivity index (χ2v) is 7.94. The standard InChI is InChI=1S/C23H27N3O5/c1-4-5-12-23(3)21(29)26(22(30)25-23)14-19(27)31-15(2)20(28)24-18-11-10-16-8-6-7-9-17(16)13-18/h6-11,13,15H,4-5,12,14H2,1-3H3,(H,24,28)(H,25,30)/t15-,23+/m0/s1. The number of fused-ring (bicyclic) bond motifs is 1. The number of amides is 4. The van der Waals surface area contributed by atoms with E-state index in [1.165, 1.54) is 6.92 Å². The monoisotopic (exact) mass is 425 g/mol. The van der Waals surface area contributed by atoms with E-state index in [0.717, 1.165) is 28.5 Å². The molecule has 1 fully saturated rings. The summed E-state index contributed by atoms with van der Waals surface area (Å²) in [6.07, 6.45) is 1.05. The van der Waals surface area contributed by atoms with Crippen molar-refractivity contribution in [3.63, 3.8) is 0 Å². The first-order valence-electron chi connectivity index (χ1n) is 10.4. The number of nitrogens with zero attached hydrogens (tertiary/aromatic N) is 1. The van der Waals surface area contributed by atoms with Crippen molar-refractivity contribution in [2.75, 3.05) is 11.9 Å². The van der Waals surface area contributed by atoms with E-state index in [1.54, 1.807) is 13.0 Å². The summed E-state index contributed by atoms with van der Waals surface area (Å²) in [7, 11) is 0. The fourth-order valence-electron chi connectivity index (χ4n) is 3.52. The highest BCUT2D eigenvalue weighted by atomic mass is 16.5. The predicted octanol–water partition coefficient (Wildman–Crippen LogP) is 3.21. The molecule has 2 atom stereocenters. The van der Waals surface area contributed by atoms with Gasteiger partial charge in [0.05, 0.1) is 0 Å². The van der Waals surface area contributed by atoms with Gasteiger partial charge in [-0.3, -0.25) is 19.3 Å². The third kappa shape index (κ3) is 5.02. The van der Waals surface area contributed by atoms with Crippen LogP contribution < -0.4 is 10.6 Å². The lowest BCUT2D eigenvalue weighted by atomic mass is 9.95. The van der Waals surface area contributed by atoms with Crippen LogP contribution in [0.15, 0.2) is 42.5 Å². The van der Waals surface area contributed by atoms with E-state index in [-0.39, 0.29) is 0 Å². The van der Waals surface area contributed by atoms with E-state index < -0.39 is 42.0 Å². The first-order chi connectivity index (χ1) is 14.7. The molecule has 164 valence electrons. The lowest BCUT2D eigenvalue weighted by molar-refractivity contribution is -0.155. The second kappa shape index (κ2) is 9.16. The van der Waals surface area contributed by atoms with Crippen LogP contribution in [0.1, 0.15) is 40.0 Å². The summed E-state index contributed by atoms with van der Waals surface area (Å²) in [5.41, 5.74) is -0.445. The Balaban J connectivity index is 1.56. The molecule has 3 rings (SSSR count). The van der Waals surface area contributed by atoms with Crippen molar-refractivity contribution in [2.24, 2.45) is 0 Å². The molecule has 0 aliphatic carbocycles. The maximum absolute atomic E-state index is 12.6. The van der Waals surface area contributed by atoms with E-state index in [9.17, 15) is 19.2 Å². The smallest absolute Gasteiger partial charge is 0.327 e. The third-order valence-electron chi connectivity index (χ3n) is 5.36. The highest BCUT2D eigenvalue weighted by Gasteiger charge is 2.48. The van der Waals surface area contributed by atoms with Crippen LogP contribution in [-0.4, -0.2) is 46.9 Å². The molecule has 0 aromatic heterocycles. The quantitative estimate of drug-likeness (QED) is 0.499. The summed E-state index contributed by atoms with van der Waals surface area (Å²) >= 11 is 0. The Hall–Kier alpha value is -3.42. The molecular weight excluding hydrogens is 398 g/mol. The SMILES string of the molecule is CCCC[C@@]1(C)NC(=O)N(CC(=O)O[C@@H](C)C(=O)Nc2ccc3ccccc3c2)C1=O. The molecule has 1 aliphatic rings. The van der Waals surface area contributed by atoms with Crippen molar-refractivity contribution >= 4 is 40.3 Å². The number of nitrogens with one attached hydrogen (secondary N) is 2. The van der Waals surface area contributed by atoms with Crippen molar-refractivity contribution in [3.05, 3.63) is 42.5 Å². The molecule has 1 saturated heterocycles. The molecule has 8 nitrogen and oxygen atoms in total. The highest BCUT2D eigenvalue weighted by Crippen LogP contribution is 2.23. The summed E-state index contributed by atoms with van der Waals surface area (Å²) < 4.78 is 5.15. The molecular formula is C23H27N3O5. The van der Waals surface area contributed by atoms with Crippen LogP contribution in [0.25, 0.3) is 10.8 Å². The van der Waals surface area contributed by atoms with Gasteiger partial charge in [0.15, 0.2) is 6.10 Å². The van der Waals surface area contributed by atoms with E-state index >= 15 is 0 Å². The summed E-state index contributed by atoms with van der Waals surface area (Å²) in [5, 5.41) is 7.36. The average Bonchev–Trinajstić information content (AvgIpc) is 2.95. The van der Waals surface area contributed by atoms with Gasteiger partial charge < -0.3 is 15.4 Å². The van der Waals surface area contributed by atoms with Crippen LogP contribution in [0.2, 0.25) is 0 Å². The largest absolute Gasteiger partial charge is 0.451 e. The van der Waals surface area contributed by atoms with E-state index in [1.807, 2.05) is 43.3 Å². The maximum atomic E-state index is 12.6. The molecule has 0 unspecified atom stereocenters. The Morgan fingerprint density at radius 1 is 1.16 bits per heavy atom. The number of imide groups is 1. The number of anilines is 1. The molecule has 0 radical (unpaired) electrons. The molecule has 2 N–H and O–H groups in total. The third-order valence-corrected chi connectivity index (χ3v) is 5.36. The van der Waals surface area contributed by atoms with Gasteiger partial charge in [0.1, 0.15) is 12.1 Å². The first-order valence-corrected chi connectivity index (χ1v) is 10.4. The fraction of sp³-hybridized carbons (Fsp3) is 0.391. The van der Waals surface area contributed by atoms with Gasteiger partial charge in [0.2, 0.25) is 0 Å². The van der Waals surface area contributed by atoms with Crippen LogP contribution in [0.3, 0.4) is 0 Å². The second-order valence-electron chi connectivity index (χ2n) is 7.94. The van der Waals surface area contributed by atoms with Crippen LogP contribution in [0.5, 0.6) is 0 Å². The van der Waals surface area contributed by atoms with E-state index in [0.29, 0.717) is 12.1 Å². The number of ether oxygens (including phenoxy) is 1. The van der Waals surface area contributed by atoms with Gasteiger partial charge in [-0.2, -0.15) is 0 Å². The highest BCUT2D eigenvalue weighted by molar-refractivity contribution is 6.08. The summed E-state index contributed by atoms with van der Waals surface area (Å²) in [6, 6.07) is 12.6. The average molecular weight is 425 g/mol. The van der Waals surface area contributed by atoms with Crippen LogP contribution >= 0.6 is 0 Å². The molecule has 0 spiro atoms. The van der Waals surface area contributed by atoms with Gasteiger partial charge >= 0.3 is 12.0 Å². The topological polar surface area (TPSA) is 105 Å². The summed E-state index contributed by atoms with van der Waals surface area (Å²) in [5.74, 6) is -1.80. The van der Waals surface area contributed by atoms with Crippen LogP contribution in [0, 0.1) is 0 Å². The molecule has 8 heteroatoms. The Labute approximate surface area is 180 Å². The molecule has 2 aromatic carbocycles. The number of hydrogen-bond donors (Lipinski definition) is 2. The molecule has 1 heterocycles. The van der Waals surface area contributed by atoms with Crippen molar-refractivity contribution in [3.8, 4) is 0 Å². The van der Waals surface area contributed by atoms with Gasteiger partial charge in [-0.1, -0.05) is 50.1 Å². The van der Waals surface area contributed by atoms with Gasteiger partial charge in [0, 0.05) is 5.69 Å². The lowest BCUT2D eigenvalue weighted by Crippen LogP contribution is -2.44. The molecule has 2 aromatic rings. The zero-order valence-corrected chi connectivity index (χ0v) is 17.9. The molecule has 0 saturated carbocycles. The number of carbonyl (C=O) groups is 4. The minimum Gasteiger partial charge on any atom is -0.451 e. The van der Waals surface area contributed by atoms with Crippen molar-refractivity contribution < 1.29 is 23.9 Å². The molecule has 31 heavy (non-hydrogen) atoms. The maximum Gasteiger partial charge on any atom is 0.327 e. The predicted molar refractivity (Wildman–Crippen MR) is 116 cm³/mol. The van der Waals surface area contributed by atoms with E-state index in [2.05, 4.69) is 10.6 Å². The Morgan fingerprint density at radius 2 is 1.87 bits per heavy atom. The number of carbonyl (C=O) groups excluding carboxylic acids is 4. The van der Waals surface area contributed by atoms with Crippen molar-refractivity contribution in [2.45, 2.75) is 51.7 Å². The van der Waals surface area contributed by atoms with E-state index in [4.69, 9.17) is 4.74 Å². The number of hydrogen-bond acceptors (Lipinski definition) is 5. The number of urea groups is 1. The van der Waals surface area contributed by atoms with Gasteiger partial charge in [-0.15, -0.1) is 0 Å². The minimum atomic E-state index is -1.09. The van der Waals surface area contributed by atoms with Crippen LogP contribution in [-0.2, 0) is 19.1 Å². The Bertz CT molecular complexity index is 1020. The van der Waals surface area contributed by atoms with Gasteiger partial charge in [-0.25, -0.2) is 4.79 Å². The number of rotatable bonds is 8. The summed E-state index contributed by atoms with van der Waals surface area (Å²) in [4.78, 5) is 50.3. The van der Waals surface area contributed by atoms with Gasteiger partial charge in [-0.05, 0) is 43.2 Å². The minimum absolute atomic E-state index is 0.462. The van der Waals surface area contributed by atoms with Crippen molar-refractivity contribution in [1.82, 2.24) is 10.2 Å². The molecule has 0 bridgehead atoms. The molecule has 4 amide bonds. The zero-order chi connectivity index (χ0) is 22.6.